The lowest BCUT2D eigenvalue weighted by atomic mass is 10.1. The van der Waals surface area contributed by atoms with E-state index in [1.807, 2.05) is 24.3 Å². The number of epoxide rings is 1. The number of rotatable bonds is 4. The van der Waals surface area contributed by atoms with Crippen LogP contribution in [0.1, 0.15) is 5.56 Å². The molecule has 2 N–H and O–H groups in total. The number of benzene rings is 1. The minimum absolute atomic E-state index is 0.00628. The number of carbonyl (C=O) groups is 1. The van der Waals surface area contributed by atoms with Crippen molar-refractivity contribution in [1.82, 2.24) is 0 Å². The van der Waals surface area contributed by atoms with E-state index in [9.17, 15) is 4.79 Å². The van der Waals surface area contributed by atoms with Crippen LogP contribution in [0, 0.1) is 3.57 Å². The monoisotopic (exact) mass is 333 g/mol. The van der Waals surface area contributed by atoms with Crippen molar-refractivity contribution in [2.75, 3.05) is 6.61 Å². The fraction of sp³-hybridized carbons (Fsp3) is 0.364. The summed E-state index contributed by atoms with van der Waals surface area (Å²) in [6.45, 7) is 0.641. The van der Waals surface area contributed by atoms with Crippen molar-refractivity contribution in [1.29, 1.82) is 0 Å². The summed E-state index contributed by atoms with van der Waals surface area (Å²) in [5, 5.41) is 0. The zero-order valence-corrected chi connectivity index (χ0v) is 10.7. The molecule has 2 atom stereocenters. The molecule has 1 aliphatic rings. The highest BCUT2D eigenvalue weighted by atomic mass is 127. The number of ether oxygens (including phenoxy) is 2. The molecule has 5 heteroatoms. The molecule has 1 fully saturated rings. The molecule has 16 heavy (non-hydrogen) atoms. The van der Waals surface area contributed by atoms with Crippen molar-refractivity contribution in [2.24, 2.45) is 5.73 Å². The first-order valence-electron chi connectivity index (χ1n) is 4.97. The maximum atomic E-state index is 10.7. The van der Waals surface area contributed by atoms with Crippen molar-refractivity contribution in [3.05, 3.63) is 33.4 Å². The third-order valence-corrected chi connectivity index (χ3v) is 3.11. The van der Waals surface area contributed by atoms with E-state index in [1.165, 1.54) is 3.57 Å². The SMILES string of the molecule is NC(=O)OC(Cc1ccc(I)cc1)[C@H]1CO1. The predicted molar refractivity (Wildman–Crippen MR) is 67.1 cm³/mol. The van der Waals surface area contributed by atoms with E-state index in [-0.39, 0.29) is 12.2 Å². The average molecular weight is 333 g/mol. The van der Waals surface area contributed by atoms with Gasteiger partial charge in [0, 0.05) is 9.99 Å². The summed E-state index contributed by atoms with van der Waals surface area (Å²) in [6, 6.07) is 8.07. The molecule has 1 aromatic rings. The molecule has 1 aromatic carbocycles. The molecular weight excluding hydrogens is 321 g/mol. The highest BCUT2D eigenvalue weighted by Gasteiger charge is 2.35. The summed E-state index contributed by atoms with van der Waals surface area (Å²) in [5.41, 5.74) is 6.13. The lowest BCUT2D eigenvalue weighted by molar-refractivity contribution is 0.0868. The molecule has 0 aromatic heterocycles. The molecule has 1 amide bonds. The van der Waals surface area contributed by atoms with Crippen LogP contribution in [-0.2, 0) is 15.9 Å². The molecule has 1 unspecified atom stereocenters. The maximum absolute atomic E-state index is 10.7. The number of carbonyl (C=O) groups excluding carboxylic acids is 1. The quantitative estimate of drug-likeness (QED) is 0.674. The Labute approximate surface area is 107 Å². The second kappa shape index (κ2) is 5.01. The van der Waals surface area contributed by atoms with Crippen LogP contribution < -0.4 is 5.73 Å². The highest BCUT2D eigenvalue weighted by molar-refractivity contribution is 14.1. The van der Waals surface area contributed by atoms with Crippen LogP contribution in [0.5, 0.6) is 0 Å². The van der Waals surface area contributed by atoms with E-state index < -0.39 is 6.09 Å². The Morgan fingerprint density at radius 2 is 2.19 bits per heavy atom. The van der Waals surface area contributed by atoms with Crippen LogP contribution in [0.3, 0.4) is 0 Å². The first-order chi connectivity index (χ1) is 7.65. The fourth-order valence-electron chi connectivity index (χ4n) is 1.52. The van der Waals surface area contributed by atoms with E-state index in [0.717, 1.165) is 5.56 Å². The zero-order chi connectivity index (χ0) is 11.5. The Kier molecular flexibility index (Phi) is 3.65. The van der Waals surface area contributed by atoms with Crippen molar-refractivity contribution >= 4 is 28.7 Å². The standard InChI is InChI=1S/C11H12INO3/c12-8-3-1-7(2-4-8)5-9(10-6-15-10)16-11(13)14/h1-4,9-10H,5-6H2,(H2,13,14)/t9?,10-/m1/s1. The van der Waals surface area contributed by atoms with Gasteiger partial charge in [-0.15, -0.1) is 0 Å². The number of hydrogen-bond acceptors (Lipinski definition) is 3. The van der Waals surface area contributed by atoms with E-state index in [4.69, 9.17) is 15.2 Å². The number of nitrogens with two attached hydrogens (primary N) is 1. The van der Waals surface area contributed by atoms with E-state index in [1.54, 1.807) is 0 Å². The van der Waals surface area contributed by atoms with Crippen LogP contribution in [0.4, 0.5) is 4.79 Å². The molecule has 0 bridgehead atoms. The minimum atomic E-state index is -0.744. The normalized spacial score (nSPS) is 20.2. The minimum Gasteiger partial charge on any atom is -0.443 e. The Hall–Kier alpha value is -0.820. The molecule has 1 heterocycles. The van der Waals surface area contributed by atoms with Gasteiger partial charge in [0.15, 0.2) is 0 Å². The summed E-state index contributed by atoms with van der Waals surface area (Å²) in [5.74, 6) is 0. The molecule has 1 saturated heterocycles. The molecule has 0 saturated carbocycles. The number of amides is 1. The first-order valence-corrected chi connectivity index (χ1v) is 6.05. The third kappa shape index (κ3) is 3.34. The Morgan fingerprint density at radius 1 is 1.56 bits per heavy atom. The van der Waals surface area contributed by atoms with Gasteiger partial charge in [-0.2, -0.15) is 0 Å². The van der Waals surface area contributed by atoms with Crippen LogP contribution in [0.25, 0.3) is 0 Å². The van der Waals surface area contributed by atoms with Crippen molar-refractivity contribution < 1.29 is 14.3 Å². The Bertz CT molecular complexity index is 375. The average Bonchev–Trinajstić information content (AvgIpc) is 3.03. The maximum Gasteiger partial charge on any atom is 0.404 e. The lowest BCUT2D eigenvalue weighted by Crippen LogP contribution is -2.29. The van der Waals surface area contributed by atoms with Crippen molar-refractivity contribution in [3.63, 3.8) is 0 Å². The summed E-state index contributed by atoms with van der Waals surface area (Å²) >= 11 is 2.25. The van der Waals surface area contributed by atoms with Gasteiger partial charge < -0.3 is 15.2 Å². The fourth-order valence-corrected chi connectivity index (χ4v) is 1.88. The predicted octanol–water partition coefficient (Wildman–Crippen LogP) is 1.70. The van der Waals surface area contributed by atoms with Crippen molar-refractivity contribution in [2.45, 2.75) is 18.6 Å². The second-order valence-electron chi connectivity index (χ2n) is 3.68. The molecule has 1 aliphatic heterocycles. The zero-order valence-electron chi connectivity index (χ0n) is 8.56. The first kappa shape index (κ1) is 11.7. The third-order valence-electron chi connectivity index (χ3n) is 2.39. The highest BCUT2D eigenvalue weighted by Crippen LogP contribution is 2.21. The molecule has 0 spiro atoms. The van der Waals surface area contributed by atoms with E-state index in [2.05, 4.69) is 22.6 Å². The summed E-state index contributed by atoms with van der Waals surface area (Å²) in [7, 11) is 0. The van der Waals surface area contributed by atoms with Gasteiger partial charge in [0.25, 0.3) is 0 Å². The van der Waals surface area contributed by atoms with Crippen LogP contribution in [-0.4, -0.2) is 24.9 Å². The van der Waals surface area contributed by atoms with Crippen LogP contribution >= 0.6 is 22.6 Å². The Balaban J connectivity index is 1.99. The molecule has 86 valence electrons. The molecule has 4 nitrogen and oxygen atoms in total. The number of hydrogen-bond donors (Lipinski definition) is 1. The Morgan fingerprint density at radius 3 is 2.69 bits per heavy atom. The number of halogens is 1. The largest absolute Gasteiger partial charge is 0.443 e. The summed E-state index contributed by atoms with van der Waals surface area (Å²) < 4.78 is 11.3. The number of primary amides is 1. The van der Waals surface area contributed by atoms with Gasteiger partial charge >= 0.3 is 6.09 Å². The van der Waals surface area contributed by atoms with Crippen LogP contribution in [0.2, 0.25) is 0 Å². The van der Waals surface area contributed by atoms with E-state index in [0.29, 0.717) is 13.0 Å². The van der Waals surface area contributed by atoms with Gasteiger partial charge in [0.05, 0.1) is 6.61 Å². The van der Waals surface area contributed by atoms with E-state index >= 15 is 0 Å². The molecule has 0 radical (unpaired) electrons. The van der Waals surface area contributed by atoms with Gasteiger partial charge in [0.2, 0.25) is 0 Å². The van der Waals surface area contributed by atoms with Gasteiger partial charge in [-0.25, -0.2) is 4.79 Å². The van der Waals surface area contributed by atoms with Gasteiger partial charge in [-0.1, -0.05) is 12.1 Å². The van der Waals surface area contributed by atoms with Gasteiger partial charge in [-0.05, 0) is 40.3 Å². The molecule has 2 rings (SSSR count). The summed E-state index contributed by atoms with van der Waals surface area (Å²) in [4.78, 5) is 10.7. The molecule has 0 aliphatic carbocycles. The topological polar surface area (TPSA) is 64.9 Å². The summed E-state index contributed by atoms with van der Waals surface area (Å²) in [6.07, 6.45) is -0.361. The van der Waals surface area contributed by atoms with Crippen molar-refractivity contribution in [3.8, 4) is 0 Å². The van der Waals surface area contributed by atoms with Crippen LogP contribution in [0.15, 0.2) is 24.3 Å². The van der Waals surface area contributed by atoms with Gasteiger partial charge in [0.1, 0.15) is 12.2 Å². The lowest BCUT2D eigenvalue weighted by Gasteiger charge is -2.14. The molecular formula is C11H12INO3. The van der Waals surface area contributed by atoms with Gasteiger partial charge in [-0.3, -0.25) is 0 Å². The smallest absolute Gasteiger partial charge is 0.404 e. The second-order valence-corrected chi connectivity index (χ2v) is 4.92.